The minimum atomic E-state index is 0.464. The Bertz CT molecular complexity index is 924. The molecule has 118 valence electrons. The van der Waals surface area contributed by atoms with Crippen molar-refractivity contribution in [3.8, 4) is 0 Å². The molecule has 1 saturated heterocycles. The predicted molar refractivity (Wildman–Crippen MR) is 96.1 cm³/mol. The van der Waals surface area contributed by atoms with Gasteiger partial charge in [-0.15, -0.1) is 0 Å². The molecule has 0 amide bonds. The van der Waals surface area contributed by atoms with Gasteiger partial charge in [0.25, 0.3) is 0 Å². The van der Waals surface area contributed by atoms with Gasteiger partial charge in [0.15, 0.2) is 5.58 Å². The number of hydrogen-bond donors (Lipinski definition) is 0. The van der Waals surface area contributed by atoms with Gasteiger partial charge in [-0.25, -0.2) is 0 Å². The van der Waals surface area contributed by atoms with E-state index in [-0.39, 0.29) is 0 Å². The molecule has 0 N–H and O–H groups in total. The van der Waals surface area contributed by atoms with Crippen LogP contribution in [0, 0.1) is 12.3 Å². The van der Waals surface area contributed by atoms with Crippen LogP contribution in [0.3, 0.4) is 0 Å². The first-order chi connectivity index (χ1) is 11.1. The third-order valence-electron chi connectivity index (χ3n) is 6.55. The number of para-hydroxylation sites is 1. The minimum Gasteiger partial charge on any atom is -0.454 e. The molecule has 0 radical (unpaired) electrons. The SMILES string of the molecule is Cc1ccc2c(oc3ccccc32)c1N1C2CCC(C)(C2)[C@@H]1C. The standard InChI is InChI=1S/C21H23NO/c1-13-8-9-17-16-6-4-5-7-18(16)23-20(17)19(13)22-14(2)21(3)11-10-15(22)12-21/h4-9,14-15H,10-12H2,1-3H3/t14-,15?,21?/m0/s1. The van der Waals surface area contributed by atoms with Crippen LogP contribution in [0.15, 0.2) is 40.8 Å². The van der Waals surface area contributed by atoms with E-state index in [0.29, 0.717) is 17.5 Å². The Morgan fingerprint density at radius 2 is 1.96 bits per heavy atom. The molecule has 2 aromatic carbocycles. The first-order valence-corrected chi connectivity index (χ1v) is 8.78. The highest BCUT2D eigenvalue weighted by Gasteiger charge is 2.52. The molecule has 2 unspecified atom stereocenters. The molecule has 2 aliphatic rings. The van der Waals surface area contributed by atoms with E-state index in [1.165, 1.54) is 41.3 Å². The van der Waals surface area contributed by atoms with E-state index in [0.717, 1.165) is 11.2 Å². The van der Waals surface area contributed by atoms with Crippen molar-refractivity contribution in [3.63, 3.8) is 0 Å². The second-order valence-corrected chi connectivity index (χ2v) is 7.84. The molecule has 1 aromatic heterocycles. The van der Waals surface area contributed by atoms with Crippen LogP contribution in [0.25, 0.3) is 21.9 Å². The molecule has 2 heterocycles. The van der Waals surface area contributed by atoms with E-state index in [2.05, 4.69) is 62.1 Å². The number of piperidine rings is 1. The van der Waals surface area contributed by atoms with Crippen LogP contribution in [0.1, 0.15) is 38.7 Å². The summed E-state index contributed by atoms with van der Waals surface area (Å²) in [5, 5.41) is 2.48. The van der Waals surface area contributed by atoms with Crippen molar-refractivity contribution in [1.82, 2.24) is 0 Å². The van der Waals surface area contributed by atoms with Gasteiger partial charge in [-0.2, -0.15) is 0 Å². The van der Waals surface area contributed by atoms with E-state index >= 15 is 0 Å². The Hall–Kier alpha value is -1.96. The van der Waals surface area contributed by atoms with Crippen LogP contribution in [-0.4, -0.2) is 12.1 Å². The van der Waals surface area contributed by atoms with Gasteiger partial charge in [0.2, 0.25) is 0 Å². The molecule has 2 heteroatoms. The predicted octanol–water partition coefficient (Wildman–Crippen LogP) is 5.66. The number of nitrogens with zero attached hydrogens (tertiary/aromatic N) is 1. The summed E-state index contributed by atoms with van der Waals surface area (Å²) in [6, 6.07) is 14.1. The van der Waals surface area contributed by atoms with Crippen LogP contribution >= 0.6 is 0 Å². The van der Waals surface area contributed by atoms with Gasteiger partial charge in [-0.3, -0.25) is 0 Å². The molecule has 2 nitrogen and oxygen atoms in total. The highest BCUT2D eigenvalue weighted by atomic mass is 16.3. The highest BCUT2D eigenvalue weighted by Crippen LogP contribution is 2.55. The van der Waals surface area contributed by atoms with Crippen molar-refractivity contribution in [2.24, 2.45) is 5.41 Å². The number of hydrogen-bond acceptors (Lipinski definition) is 2. The number of furan rings is 1. The molecule has 2 bridgehead atoms. The van der Waals surface area contributed by atoms with Crippen molar-refractivity contribution in [1.29, 1.82) is 0 Å². The van der Waals surface area contributed by atoms with Crippen molar-refractivity contribution in [3.05, 3.63) is 42.0 Å². The zero-order valence-electron chi connectivity index (χ0n) is 14.1. The van der Waals surface area contributed by atoms with Crippen LogP contribution < -0.4 is 4.90 Å². The molecule has 5 rings (SSSR count). The number of anilines is 1. The maximum atomic E-state index is 6.32. The van der Waals surface area contributed by atoms with Gasteiger partial charge < -0.3 is 9.32 Å². The molecule has 3 atom stereocenters. The lowest BCUT2D eigenvalue weighted by molar-refractivity contribution is 0.295. The Morgan fingerprint density at radius 1 is 1.13 bits per heavy atom. The third-order valence-corrected chi connectivity index (χ3v) is 6.55. The van der Waals surface area contributed by atoms with E-state index < -0.39 is 0 Å². The van der Waals surface area contributed by atoms with Gasteiger partial charge >= 0.3 is 0 Å². The minimum absolute atomic E-state index is 0.464. The number of aryl methyl sites for hydroxylation is 1. The van der Waals surface area contributed by atoms with Crippen LogP contribution in [0.2, 0.25) is 0 Å². The van der Waals surface area contributed by atoms with E-state index in [1.807, 2.05) is 0 Å². The summed E-state index contributed by atoms with van der Waals surface area (Å²) in [5.74, 6) is 0. The van der Waals surface area contributed by atoms with Gasteiger partial charge in [-0.05, 0) is 50.2 Å². The fraction of sp³-hybridized carbons (Fsp3) is 0.429. The average Bonchev–Trinajstić information content (AvgIpc) is 3.17. The van der Waals surface area contributed by atoms with Gasteiger partial charge in [-0.1, -0.05) is 37.3 Å². The van der Waals surface area contributed by atoms with Gasteiger partial charge in [0.1, 0.15) is 5.58 Å². The Kier molecular flexibility index (Phi) is 2.53. The lowest BCUT2D eigenvalue weighted by Gasteiger charge is -2.40. The zero-order valence-corrected chi connectivity index (χ0v) is 14.1. The Labute approximate surface area is 137 Å². The van der Waals surface area contributed by atoms with E-state index in [9.17, 15) is 0 Å². The van der Waals surface area contributed by atoms with Crippen LogP contribution in [0.5, 0.6) is 0 Å². The maximum absolute atomic E-state index is 6.32. The van der Waals surface area contributed by atoms with Crippen molar-refractivity contribution in [2.45, 2.75) is 52.1 Å². The molecule has 1 saturated carbocycles. The summed E-state index contributed by atoms with van der Waals surface area (Å²) in [6.07, 6.45) is 4.01. The number of rotatable bonds is 1. The average molecular weight is 305 g/mol. The largest absolute Gasteiger partial charge is 0.454 e. The van der Waals surface area contributed by atoms with E-state index in [4.69, 9.17) is 4.42 Å². The summed E-state index contributed by atoms with van der Waals surface area (Å²) >= 11 is 0. The summed E-state index contributed by atoms with van der Waals surface area (Å²) < 4.78 is 6.32. The normalized spacial score (nSPS) is 30.0. The smallest absolute Gasteiger partial charge is 0.158 e. The molecule has 1 aliphatic heterocycles. The number of fused-ring (bicyclic) bond motifs is 5. The van der Waals surface area contributed by atoms with Crippen molar-refractivity contribution in [2.75, 3.05) is 4.90 Å². The van der Waals surface area contributed by atoms with Gasteiger partial charge in [0, 0.05) is 22.9 Å². The Balaban J connectivity index is 1.80. The highest BCUT2D eigenvalue weighted by molar-refractivity contribution is 6.09. The van der Waals surface area contributed by atoms with Crippen molar-refractivity contribution < 1.29 is 4.42 Å². The van der Waals surface area contributed by atoms with Crippen LogP contribution in [0.4, 0.5) is 5.69 Å². The fourth-order valence-corrected chi connectivity index (χ4v) is 5.08. The molecule has 0 spiro atoms. The molecular formula is C21H23NO. The topological polar surface area (TPSA) is 16.4 Å². The Morgan fingerprint density at radius 3 is 2.74 bits per heavy atom. The fourth-order valence-electron chi connectivity index (χ4n) is 5.08. The van der Waals surface area contributed by atoms with Crippen LogP contribution in [-0.2, 0) is 0 Å². The van der Waals surface area contributed by atoms with Crippen molar-refractivity contribution >= 4 is 27.6 Å². The molecule has 23 heavy (non-hydrogen) atoms. The maximum Gasteiger partial charge on any atom is 0.158 e. The lowest BCUT2D eigenvalue weighted by Crippen LogP contribution is -2.42. The summed E-state index contributed by atoms with van der Waals surface area (Å²) in [6.45, 7) is 7.09. The molecule has 2 fully saturated rings. The monoisotopic (exact) mass is 305 g/mol. The lowest BCUT2D eigenvalue weighted by atomic mass is 9.82. The first-order valence-electron chi connectivity index (χ1n) is 8.78. The molecule has 1 aliphatic carbocycles. The summed E-state index contributed by atoms with van der Waals surface area (Å²) in [4.78, 5) is 2.67. The summed E-state index contributed by atoms with van der Waals surface area (Å²) in [5.41, 5.74) is 5.21. The quantitative estimate of drug-likeness (QED) is 0.576. The molecular weight excluding hydrogens is 282 g/mol. The number of benzene rings is 2. The third kappa shape index (κ3) is 1.64. The second kappa shape index (κ2) is 4.31. The molecule has 3 aromatic rings. The zero-order chi connectivity index (χ0) is 15.8. The van der Waals surface area contributed by atoms with E-state index in [1.54, 1.807) is 0 Å². The van der Waals surface area contributed by atoms with Gasteiger partial charge in [0.05, 0.1) is 5.69 Å². The first kappa shape index (κ1) is 13.5. The second-order valence-electron chi connectivity index (χ2n) is 7.84. The summed E-state index contributed by atoms with van der Waals surface area (Å²) in [7, 11) is 0.